The van der Waals surface area contributed by atoms with E-state index < -0.39 is 0 Å². The van der Waals surface area contributed by atoms with Gasteiger partial charge in [-0.25, -0.2) is 0 Å². The lowest BCUT2D eigenvalue weighted by Gasteiger charge is -2.14. The molecule has 0 aliphatic carbocycles. The Kier molecular flexibility index (Phi) is 5.16. The van der Waals surface area contributed by atoms with Crippen LogP contribution in [0.4, 0.5) is 5.69 Å². The second-order valence-corrected chi connectivity index (χ2v) is 6.19. The van der Waals surface area contributed by atoms with Crippen LogP contribution in [0.15, 0.2) is 42.5 Å². The summed E-state index contributed by atoms with van der Waals surface area (Å²) in [6.45, 7) is 4.82. The molecule has 1 heterocycles. The molecule has 0 radical (unpaired) electrons. The van der Waals surface area contributed by atoms with E-state index >= 15 is 0 Å². The third-order valence-electron chi connectivity index (χ3n) is 4.47. The average Bonchev–Trinajstić information content (AvgIpc) is 3.02. The highest BCUT2D eigenvalue weighted by atomic mass is 16.5. The number of amides is 1. The largest absolute Gasteiger partial charge is 0.497 e. The number of nitrogens with one attached hydrogen (secondary N) is 1. The third kappa shape index (κ3) is 3.95. The molecular weight excluding hydrogens is 300 g/mol. The summed E-state index contributed by atoms with van der Waals surface area (Å²) in [5.41, 5.74) is 4.90. The second-order valence-electron chi connectivity index (χ2n) is 6.19. The van der Waals surface area contributed by atoms with Crippen LogP contribution in [-0.4, -0.2) is 24.5 Å². The van der Waals surface area contributed by atoms with Gasteiger partial charge >= 0.3 is 0 Å². The van der Waals surface area contributed by atoms with Crippen LogP contribution in [0.3, 0.4) is 0 Å². The van der Waals surface area contributed by atoms with Gasteiger partial charge in [-0.05, 0) is 47.4 Å². The van der Waals surface area contributed by atoms with E-state index in [4.69, 9.17) is 4.74 Å². The van der Waals surface area contributed by atoms with Gasteiger partial charge in [-0.1, -0.05) is 25.1 Å². The molecule has 0 aromatic heterocycles. The molecule has 1 N–H and O–H groups in total. The highest BCUT2D eigenvalue weighted by Gasteiger charge is 2.19. The first kappa shape index (κ1) is 16.5. The zero-order valence-electron chi connectivity index (χ0n) is 14.3. The molecule has 24 heavy (non-hydrogen) atoms. The minimum Gasteiger partial charge on any atom is -0.497 e. The maximum absolute atomic E-state index is 11.5. The third-order valence-corrected chi connectivity index (χ3v) is 4.47. The molecule has 2 aromatic carbocycles. The number of hydrogen-bond acceptors (Lipinski definition) is 3. The Morgan fingerprint density at radius 1 is 1.12 bits per heavy atom. The molecule has 1 amide bonds. The van der Waals surface area contributed by atoms with Crippen LogP contribution in [0.2, 0.25) is 0 Å². The van der Waals surface area contributed by atoms with E-state index in [-0.39, 0.29) is 5.91 Å². The highest BCUT2D eigenvalue weighted by molar-refractivity contribution is 5.90. The Morgan fingerprint density at radius 2 is 1.88 bits per heavy atom. The maximum Gasteiger partial charge on any atom is 0.224 e. The number of rotatable bonds is 6. The van der Waals surface area contributed by atoms with Gasteiger partial charge in [0.05, 0.1) is 7.11 Å². The number of fused-ring (bicyclic) bond motifs is 1. The van der Waals surface area contributed by atoms with E-state index in [1.165, 1.54) is 16.7 Å². The zero-order chi connectivity index (χ0) is 16.9. The normalized spacial score (nSPS) is 13.6. The Labute approximate surface area is 143 Å². The topological polar surface area (TPSA) is 41.6 Å². The van der Waals surface area contributed by atoms with Gasteiger partial charge in [0.25, 0.3) is 0 Å². The van der Waals surface area contributed by atoms with Crippen molar-refractivity contribution in [3.63, 3.8) is 0 Å². The molecule has 1 aliphatic rings. The van der Waals surface area contributed by atoms with Gasteiger partial charge < -0.3 is 10.1 Å². The van der Waals surface area contributed by atoms with Crippen LogP contribution in [0.25, 0.3) is 0 Å². The van der Waals surface area contributed by atoms with Crippen LogP contribution in [0.1, 0.15) is 30.0 Å². The summed E-state index contributed by atoms with van der Waals surface area (Å²) in [5, 5.41) is 2.94. The number of anilines is 1. The lowest BCUT2D eigenvalue weighted by atomic mass is 10.1. The number of carbonyl (C=O) groups excluding carboxylic acids is 1. The molecule has 0 fully saturated rings. The summed E-state index contributed by atoms with van der Waals surface area (Å²) < 4.78 is 5.20. The van der Waals surface area contributed by atoms with E-state index in [9.17, 15) is 4.79 Å². The fourth-order valence-electron chi connectivity index (χ4n) is 3.03. The van der Waals surface area contributed by atoms with E-state index in [2.05, 4.69) is 34.5 Å². The van der Waals surface area contributed by atoms with Gasteiger partial charge in [-0.15, -0.1) is 0 Å². The molecule has 0 spiro atoms. The molecule has 4 heteroatoms. The molecule has 126 valence electrons. The summed E-state index contributed by atoms with van der Waals surface area (Å²) in [6, 6.07) is 14.5. The molecular formula is C20H24N2O2. The first-order valence-corrected chi connectivity index (χ1v) is 8.45. The van der Waals surface area contributed by atoms with Crippen molar-refractivity contribution in [2.45, 2.75) is 32.9 Å². The average molecular weight is 324 g/mol. The molecule has 0 bridgehead atoms. The van der Waals surface area contributed by atoms with Crippen LogP contribution in [0, 0.1) is 0 Å². The molecule has 0 atom stereocenters. The Morgan fingerprint density at radius 3 is 2.58 bits per heavy atom. The molecule has 1 aliphatic heterocycles. The second kappa shape index (κ2) is 7.49. The Bertz CT molecular complexity index is 710. The SMILES string of the molecule is CCC(=O)Nc1ccc2c(c1)CN(CCc1ccc(OC)cc1)C2. The minimum atomic E-state index is 0.0595. The molecule has 0 saturated carbocycles. The first-order chi connectivity index (χ1) is 11.7. The van der Waals surface area contributed by atoms with Crippen LogP contribution >= 0.6 is 0 Å². The Balaban J connectivity index is 1.56. The summed E-state index contributed by atoms with van der Waals surface area (Å²) >= 11 is 0. The van der Waals surface area contributed by atoms with Crippen molar-refractivity contribution in [1.82, 2.24) is 4.90 Å². The zero-order valence-corrected chi connectivity index (χ0v) is 14.3. The fourth-order valence-corrected chi connectivity index (χ4v) is 3.03. The standard InChI is InChI=1S/C20H24N2O2/c1-3-20(23)21-18-7-6-16-13-22(14-17(16)12-18)11-10-15-4-8-19(24-2)9-5-15/h4-9,12H,3,10-11,13-14H2,1-2H3,(H,21,23). The monoisotopic (exact) mass is 324 g/mol. The Hall–Kier alpha value is -2.33. The van der Waals surface area contributed by atoms with E-state index in [0.717, 1.165) is 37.5 Å². The fraction of sp³-hybridized carbons (Fsp3) is 0.350. The number of hydrogen-bond donors (Lipinski definition) is 1. The molecule has 0 saturated heterocycles. The summed E-state index contributed by atoms with van der Waals surface area (Å²) in [7, 11) is 1.69. The van der Waals surface area contributed by atoms with Gasteiger partial charge in [-0.3, -0.25) is 9.69 Å². The summed E-state index contributed by atoms with van der Waals surface area (Å²) in [6.07, 6.45) is 1.53. The van der Waals surface area contributed by atoms with Crippen molar-refractivity contribution in [2.24, 2.45) is 0 Å². The van der Waals surface area contributed by atoms with E-state index in [1.54, 1.807) is 7.11 Å². The van der Waals surface area contributed by atoms with Crippen molar-refractivity contribution in [1.29, 1.82) is 0 Å². The quantitative estimate of drug-likeness (QED) is 0.883. The van der Waals surface area contributed by atoms with Gasteiger partial charge in [0.1, 0.15) is 5.75 Å². The first-order valence-electron chi connectivity index (χ1n) is 8.45. The highest BCUT2D eigenvalue weighted by Crippen LogP contribution is 2.26. The van der Waals surface area contributed by atoms with Crippen molar-refractivity contribution >= 4 is 11.6 Å². The van der Waals surface area contributed by atoms with E-state index in [1.807, 2.05) is 25.1 Å². The van der Waals surface area contributed by atoms with E-state index in [0.29, 0.717) is 6.42 Å². The van der Waals surface area contributed by atoms with Crippen LogP contribution in [0.5, 0.6) is 5.75 Å². The van der Waals surface area contributed by atoms with Gasteiger partial charge in [0.2, 0.25) is 5.91 Å². The molecule has 3 rings (SSSR count). The molecule has 2 aromatic rings. The van der Waals surface area contributed by atoms with Crippen LogP contribution in [-0.2, 0) is 24.3 Å². The maximum atomic E-state index is 11.5. The summed E-state index contributed by atoms with van der Waals surface area (Å²) in [4.78, 5) is 14.0. The molecule has 0 unspecified atom stereocenters. The number of ether oxygens (including phenoxy) is 1. The lowest BCUT2D eigenvalue weighted by molar-refractivity contribution is -0.115. The van der Waals surface area contributed by atoms with Gasteiger partial charge in [0, 0.05) is 31.7 Å². The number of methoxy groups -OCH3 is 1. The number of carbonyl (C=O) groups is 1. The van der Waals surface area contributed by atoms with Crippen molar-refractivity contribution < 1.29 is 9.53 Å². The summed E-state index contributed by atoms with van der Waals surface area (Å²) in [5.74, 6) is 0.957. The van der Waals surface area contributed by atoms with Crippen molar-refractivity contribution in [3.05, 3.63) is 59.2 Å². The van der Waals surface area contributed by atoms with Crippen molar-refractivity contribution in [2.75, 3.05) is 19.0 Å². The predicted octanol–water partition coefficient (Wildman–Crippen LogP) is 3.60. The van der Waals surface area contributed by atoms with Gasteiger partial charge in [0.15, 0.2) is 0 Å². The number of benzene rings is 2. The smallest absolute Gasteiger partial charge is 0.224 e. The predicted molar refractivity (Wildman–Crippen MR) is 96.2 cm³/mol. The van der Waals surface area contributed by atoms with Crippen molar-refractivity contribution in [3.8, 4) is 5.75 Å². The van der Waals surface area contributed by atoms with Crippen LogP contribution < -0.4 is 10.1 Å². The number of nitrogens with zero attached hydrogens (tertiary/aromatic N) is 1. The minimum absolute atomic E-state index is 0.0595. The van der Waals surface area contributed by atoms with Gasteiger partial charge in [-0.2, -0.15) is 0 Å². The molecule has 4 nitrogen and oxygen atoms in total. The lowest BCUT2D eigenvalue weighted by Crippen LogP contribution is -2.19.